The predicted molar refractivity (Wildman–Crippen MR) is 70.6 cm³/mol. The van der Waals surface area contributed by atoms with Gasteiger partial charge in [-0.15, -0.1) is 4.40 Å². The molecule has 1 aliphatic heterocycles. The van der Waals surface area contributed by atoms with Crippen LogP contribution in [0.1, 0.15) is 11.1 Å². The highest BCUT2D eigenvalue weighted by molar-refractivity contribution is 7.91. The van der Waals surface area contributed by atoms with Gasteiger partial charge in [-0.05, 0) is 11.6 Å². The summed E-state index contributed by atoms with van der Waals surface area (Å²) in [5.74, 6) is -0.0126. The van der Waals surface area contributed by atoms with Gasteiger partial charge in [0.25, 0.3) is 0 Å². The summed E-state index contributed by atoms with van der Waals surface area (Å²) < 4.78 is 33.4. The Balaban J connectivity index is 2.49. The minimum atomic E-state index is -3.72. The Morgan fingerprint density at radius 1 is 1.50 bits per heavy atom. The lowest BCUT2D eigenvalue weighted by atomic mass is 10.0. The molecule has 2 rings (SSSR count). The summed E-state index contributed by atoms with van der Waals surface area (Å²) >= 11 is 0. The minimum absolute atomic E-state index is 0.0126. The largest absolute Gasteiger partial charge is 0.382 e. The van der Waals surface area contributed by atoms with Crippen molar-refractivity contribution in [2.75, 3.05) is 18.4 Å². The normalized spacial score (nSPS) is 17.1. The molecule has 7 heteroatoms. The van der Waals surface area contributed by atoms with Gasteiger partial charge in [-0.1, -0.05) is 24.3 Å². The van der Waals surface area contributed by atoms with Crippen molar-refractivity contribution in [3.8, 4) is 0 Å². The third-order valence-corrected chi connectivity index (χ3v) is 3.29. The smallest absolute Gasteiger partial charge is 0.344 e. The quantitative estimate of drug-likeness (QED) is 0.843. The first-order chi connectivity index (χ1) is 8.53. The van der Waals surface area contributed by atoms with Gasteiger partial charge in [0, 0.05) is 12.7 Å². The Bertz CT molecular complexity index is 620. The lowest BCUT2D eigenvalue weighted by molar-refractivity contribution is 0.234. The van der Waals surface area contributed by atoms with Crippen LogP contribution < -0.4 is 10.5 Å². The van der Waals surface area contributed by atoms with Gasteiger partial charge in [-0.3, -0.25) is 4.72 Å². The van der Waals surface area contributed by atoms with Crippen LogP contribution in [0.3, 0.4) is 0 Å². The van der Waals surface area contributed by atoms with Gasteiger partial charge in [0.1, 0.15) is 5.84 Å². The van der Waals surface area contributed by atoms with E-state index in [0.717, 1.165) is 5.56 Å². The number of methoxy groups -OCH3 is 1. The van der Waals surface area contributed by atoms with Crippen molar-refractivity contribution in [3.63, 3.8) is 0 Å². The molecule has 1 aromatic carbocycles. The van der Waals surface area contributed by atoms with Crippen LogP contribution in [0, 0.1) is 0 Å². The van der Waals surface area contributed by atoms with E-state index in [4.69, 9.17) is 10.5 Å². The van der Waals surface area contributed by atoms with Gasteiger partial charge in [-0.25, -0.2) is 0 Å². The number of nitrogens with zero attached hydrogens (tertiary/aromatic N) is 1. The van der Waals surface area contributed by atoms with Crippen molar-refractivity contribution in [2.45, 2.75) is 0 Å². The second kappa shape index (κ2) is 4.79. The van der Waals surface area contributed by atoms with Gasteiger partial charge in [-0.2, -0.15) is 8.42 Å². The second-order valence-electron chi connectivity index (χ2n) is 3.68. The molecule has 0 atom stereocenters. The van der Waals surface area contributed by atoms with Crippen LogP contribution in [0.25, 0.3) is 6.08 Å². The lowest BCUT2D eigenvalue weighted by Crippen LogP contribution is -2.27. The molecule has 0 unspecified atom stereocenters. The molecular weight excluding hydrogens is 254 g/mol. The number of nitrogens with one attached hydrogen (secondary N) is 1. The highest BCUT2D eigenvalue weighted by Crippen LogP contribution is 2.26. The van der Waals surface area contributed by atoms with Crippen LogP contribution >= 0.6 is 0 Å². The van der Waals surface area contributed by atoms with Crippen LogP contribution in [0.15, 0.2) is 28.7 Å². The highest BCUT2D eigenvalue weighted by Gasteiger charge is 2.22. The van der Waals surface area contributed by atoms with Crippen molar-refractivity contribution in [1.82, 2.24) is 0 Å². The van der Waals surface area contributed by atoms with E-state index in [2.05, 4.69) is 9.12 Å². The van der Waals surface area contributed by atoms with Crippen LogP contribution in [-0.4, -0.2) is 28.0 Å². The molecular formula is C11H13N3O3S. The third-order valence-electron chi connectivity index (χ3n) is 2.37. The van der Waals surface area contributed by atoms with Crippen LogP contribution in [-0.2, 0) is 14.9 Å². The van der Waals surface area contributed by atoms with Crippen molar-refractivity contribution in [3.05, 3.63) is 35.4 Å². The van der Waals surface area contributed by atoms with Gasteiger partial charge < -0.3 is 10.5 Å². The average Bonchev–Trinajstić information content (AvgIpc) is 2.27. The van der Waals surface area contributed by atoms with Crippen LogP contribution in [0.5, 0.6) is 0 Å². The minimum Gasteiger partial charge on any atom is -0.382 e. The predicted octanol–water partition coefficient (Wildman–Crippen LogP) is 0.722. The molecule has 0 spiro atoms. The SMILES string of the molecule is COCC=Cc1cccc2c1C(N)=NS(=O)(=O)N2. The maximum Gasteiger partial charge on any atom is 0.344 e. The van der Waals surface area contributed by atoms with E-state index in [0.29, 0.717) is 17.9 Å². The van der Waals surface area contributed by atoms with E-state index < -0.39 is 10.2 Å². The molecule has 6 nitrogen and oxygen atoms in total. The summed E-state index contributed by atoms with van der Waals surface area (Å²) in [7, 11) is -2.13. The maximum atomic E-state index is 11.4. The first-order valence-electron chi connectivity index (χ1n) is 5.20. The first kappa shape index (κ1) is 12.6. The number of nitrogens with two attached hydrogens (primary N) is 1. The number of ether oxygens (including phenoxy) is 1. The first-order valence-corrected chi connectivity index (χ1v) is 6.64. The molecule has 0 aliphatic carbocycles. The van der Waals surface area contributed by atoms with E-state index in [9.17, 15) is 8.42 Å². The van der Waals surface area contributed by atoms with Crippen LogP contribution in [0.2, 0.25) is 0 Å². The number of amidine groups is 1. The van der Waals surface area contributed by atoms with Gasteiger partial charge in [0.15, 0.2) is 0 Å². The Morgan fingerprint density at radius 2 is 2.28 bits per heavy atom. The standard InChI is InChI=1S/C11H13N3O3S/c1-17-7-3-5-8-4-2-6-9-10(8)11(12)14-18(15,16)13-9/h2-6,13H,7H2,1H3,(H2,12,14). The number of fused-ring (bicyclic) bond motifs is 1. The zero-order chi connectivity index (χ0) is 13.2. The van der Waals surface area contributed by atoms with E-state index >= 15 is 0 Å². The molecule has 1 heterocycles. The van der Waals surface area contributed by atoms with Crippen molar-refractivity contribution < 1.29 is 13.2 Å². The second-order valence-corrected chi connectivity index (χ2v) is 5.02. The topological polar surface area (TPSA) is 93.8 Å². The molecule has 0 saturated carbocycles. The highest BCUT2D eigenvalue weighted by atomic mass is 32.2. The van der Waals surface area contributed by atoms with E-state index in [1.807, 2.05) is 18.2 Å². The summed E-state index contributed by atoms with van der Waals surface area (Å²) in [6.07, 6.45) is 3.62. The molecule has 0 bridgehead atoms. The molecule has 0 saturated heterocycles. The fraction of sp³-hybridized carbons (Fsp3) is 0.182. The van der Waals surface area contributed by atoms with Crippen molar-refractivity contribution in [2.24, 2.45) is 10.1 Å². The molecule has 3 N–H and O–H groups in total. The fourth-order valence-corrected chi connectivity index (χ4v) is 2.53. The molecule has 0 fully saturated rings. The summed E-state index contributed by atoms with van der Waals surface area (Å²) in [5.41, 5.74) is 7.49. The average molecular weight is 267 g/mol. The number of anilines is 1. The number of hydrogen-bond acceptors (Lipinski definition) is 4. The zero-order valence-electron chi connectivity index (χ0n) is 9.75. The van der Waals surface area contributed by atoms with Crippen molar-refractivity contribution in [1.29, 1.82) is 0 Å². The van der Waals surface area contributed by atoms with Crippen LogP contribution in [0.4, 0.5) is 5.69 Å². The number of hydrogen-bond donors (Lipinski definition) is 2. The summed E-state index contributed by atoms with van der Waals surface area (Å²) in [6.45, 7) is 0.465. The Hall–Kier alpha value is -1.86. The van der Waals surface area contributed by atoms with E-state index in [1.54, 1.807) is 19.2 Å². The molecule has 0 amide bonds. The van der Waals surface area contributed by atoms with Crippen molar-refractivity contribution >= 4 is 27.8 Å². The summed E-state index contributed by atoms with van der Waals surface area (Å²) in [6, 6.07) is 5.21. The lowest BCUT2D eigenvalue weighted by Gasteiger charge is -2.17. The summed E-state index contributed by atoms with van der Waals surface area (Å²) in [4.78, 5) is 0. The molecule has 1 aliphatic rings. The molecule has 0 radical (unpaired) electrons. The Labute approximate surface area is 105 Å². The Kier molecular flexibility index (Phi) is 3.35. The zero-order valence-corrected chi connectivity index (χ0v) is 10.6. The fourth-order valence-electron chi connectivity index (χ4n) is 1.69. The maximum absolute atomic E-state index is 11.4. The molecule has 96 valence electrons. The van der Waals surface area contributed by atoms with E-state index in [-0.39, 0.29) is 5.84 Å². The van der Waals surface area contributed by atoms with Gasteiger partial charge in [0.05, 0.1) is 12.3 Å². The van der Waals surface area contributed by atoms with E-state index in [1.165, 1.54) is 0 Å². The van der Waals surface area contributed by atoms with Gasteiger partial charge in [0.2, 0.25) is 0 Å². The monoisotopic (exact) mass is 267 g/mol. The molecule has 18 heavy (non-hydrogen) atoms. The number of rotatable bonds is 3. The third kappa shape index (κ3) is 2.52. The van der Waals surface area contributed by atoms with Gasteiger partial charge >= 0.3 is 10.2 Å². The molecule has 1 aromatic rings. The number of benzene rings is 1. The molecule has 0 aromatic heterocycles. The Morgan fingerprint density at radius 3 is 3.00 bits per heavy atom. The summed E-state index contributed by atoms with van der Waals surface area (Å²) in [5, 5.41) is 0.